The van der Waals surface area contributed by atoms with E-state index >= 15 is 0 Å². The molecule has 152 valence electrons. The van der Waals surface area contributed by atoms with Crippen LogP contribution in [0.15, 0.2) is 47.6 Å². The van der Waals surface area contributed by atoms with Gasteiger partial charge in [-0.1, -0.05) is 29.8 Å². The molecule has 0 bridgehead atoms. The van der Waals surface area contributed by atoms with Gasteiger partial charge in [-0.25, -0.2) is 4.98 Å². The fourth-order valence-corrected chi connectivity index (χ4v) is 3.44. The lowest BCUT2D eigenvalue weighted by Crippen LogP contribution is -2.39. The molecule has 1 saturated heterocycles. The van der Waals surface area contributed by atoms with Crippen molar-refractivity contribution < 1.29 is 0 Å². The van der Waals surface area contributed by atoms with E-state index in [1.165, 1.54) is 24.1 Å². The maximum absolute atomic E-state index is 5.83. The molecule has 1 unspecified atom stereocenters. The number of anilines is 1. The van der Waals surface area contributed by atoms with Crippen molar-refractivity contribution in [2.24, 2.45) is 4.99 Å². The van der Waals surface area contributed by atoms with E-state index in [0.717, 1.165) is 37.6 Å². The summed E-state index contributed by atoms with van der Waals surface area (Å²) in [5.74, 6) is 0.802. The second-order valence-electron chi connectivity index (χ2n) is 6.89. The van der Waals surface area contributed by atoms with Crippen LogP contribution in [-0.4, -0.2) is 37.6 Å². The summed E-state index contributed by atoms with van der Waals surface area (Å²) >= 11 is 5.83. The fraction of sp³-hybridized carbons (Fsp3) is 0.429. The van der Waals surface area contributed by atoms with E-state index in [9.17, 15) is 0 Å². The largest absolute Gasteiger partial charge is 0.372 e. The van der Waals surface area contributed by atoms with Crippen molar-refractivity contribution in [1.29, 1.82) is 0 Å². The zero-order valence-electron chi connectivity index (χ0n) is 16.5. The summed E-state index contributed by atoms with van der Waals surface area (Å²) in [5, 5.41) is 7.37. The van der Waals surface area contributed by atoms with Gasteiger partial charge in [0.05, 0.1) is 6.04 Å². The summed E-state index contributed by atoms with van der Waals surface area (Å²) in [6.45, 7) is 5.27. The Morgan fingerprint density at radius 3 is 2.71 bits per heavy atom. The number of aliphatic imine (C=N–C) groups is 1. The van der Waals surface area contributed by atoms with Crippen LogP contribution in [0.5, 0.6) is 0 Å². The van der Waals surface area contributed by atoms with Crippen LogP contribution in [0.25, 0.3) is 0 Å². The van der Waals surface area contributed by atoms with E-state index < -0.39 is 0 Å². The highest BCUT2D eigenvalue weighted by atomic mass is 127. The molecular weight excluding hydrogens is 485 g/mol. The lowest BCUT2D eigenvalue weighted by molar-refractivity contribution is 0.684. The van der Waals surface area contributed by atoms with E-state index in [4.69, 9.17) is 11.6 Å². The normalized spacial score (nSPS) is 15.1. The summed E-state index contributed by atoms with van der Waals surface area (Å²) in [7, 11) is 1.80. The topological polar surface area (TPSA) is 52.6 Å². The molecule has 1 atom stereocenters. The minimum Gasteiger partial charge on any atom is -0.372 e. The van der Waals surface area contributed by atoms with E-state index in [-0.39, 0.29) is 30.0 Å². The number of benzene rings is 1. The fourth-order valence-electron chi connectivity index (χ4n) is 3.33. The molecular formula is C21H29ClIN5. The van der Waals surface area contributed by atoms with Gasteiger partial charge in [-0.15, -0.1) is 24.0 Å². The van der Waals surface area contributed by atoms with Crippen LogP contribution >= 0.6 is 35.6 Å². The molecule has 0 amide bonds. The van der Waals surface area contributed by atoms with Crippen molar-refractivity contribution in [2.75, 3.05) is 31.6 Å². The minimum atomic E-state index is 0. The second kappa shape index (κ2) is 11.5. The van der Waals surface area contributed by atoms with Crippen LogP contribution in [0.2, 0.25) is 5.15 Å². The highest BCUT2D eigenvalue weighted by Gasteiger charge is 2.14. The molecule has 2 N–H and O–H groups in total. The molecule has 0 aliphatic carbocycles. The first-order valence-corrected chi connectivity index (χ1v) is 9.96. The first-order valence-electron chi connectivity index (χ1n) is 9.58. The van der Waals surface area contributed by atoms with Gasteiger partial charge < -0.3 is 15.5 Å². The lowest BCUT2D eigenvalue weighted by atomic mass is 10.1. The third-order valence-corrected chi connectivity index (χ3v) is 5.14. The molecule has 1 aromatic heterocycles. The number of pyridine rings is 1. The van der Waals surface area contributed by atoms with E-state index in [2.05, 4.69) is 56.7 Å². The van der Waals surface area contributed by atoms with Crippen LogP contribution in [-0.2, 0) is 6.42 Å². The van der Waals surface area contributed by atoms with Crippen LogP contribution in [0, 0.1) is 0 Å². The van der Waals surface area contributed by atoms with Gasteiger partial charge in [-0.3, -0.25) is 4.99 Å². The van der Waals surface area contributed by atoms with Gasteiger partial charge in [0.2, 0.25) is 0 Å². The van der Waals surface area contributed by atoms with Crippen LogP contribution < -0.4 is 15.5 Å². The van der Waals surface area contributed by atoms with Gasteiger partial charge in [0, 0.05) is 38.6 Å². The summed E-state index contributed by atoms with van der Waals surface area (Å²) < 4.78 is 0. The third kappa shape index (κ3) is 6.51. The Morgan fingerprint density at radius 1 is 1.25 bits per heavy atom. The molecule has 3 rings (SSSR count). The Balaban J connectivity index is 0.00000280. The number of nitrogens with one attached hydrogen (secondary N) is 2. The molecule has 2 aromatic rings. The van der Waals surface area contributed by atoms with Gasteiger partial charge in [-0.05, 0) is 55.5 Å². The molecule has 0 spiro atoms. The zero-order chi connectivity index (χ0) is 19.1. The number of halogens is 2. The molecule has 1 fully saturated rings. The van der Waals surface area contributed by atoms with Crippen LogP contribution in [0.1, 0.15) is 36.9 Å². The van der Waals surface area contributed by atoms with Crippen molar-refractivity contribution in [3.05, 3.63) is 58.9 Å². The summed E-state index contributed by atoms with van der Waals surface area (Å²) in [6, 6.07) is 12.8. The lowest BCUT2D eigenvalue weighted by Gasteiger charge is -2.22. The molecule has 5 nitrogen and oxygen atoms in total. The quantitative estimate of drug-likeness (QED) is 0.260. The molecule has 1 aromatic carbocycles. The molecule has 1 aliphatic heterocycles. The number of nitrogens with zero attached hydrogens (tertiary/aromatic N) is 3. The summed E-state index contributed by atoms with van der Waals surface area (Å²) in [5.41, 5.74) is 3.73. The Labute approximate surface area is 190 Å². The minimum absolute atomic E-state index is 0. The Kier molecular flexibility index (Phi) is 9.31. The van der Waals surface area contributed by atoms with Gasteiger partial charge in [-0.2, -0.15) is 0 Å². The molecule has 1 aliphatic rings. The van der Waals surface area contributed by atoms with Gasteiger partial charge in [0.15, 0.2) is 5.96 Å². The number of guanidine groups is 1. The highest BCUT2D eigenvalue weighted by Crippen LogP contribution is 2.23. The molecule has 28 heavy (non-hydrogen) atoms. The summed E-state index contributed by atoms with van der Waals surface area (Å²) in [4.78, 5) is 10.9. The van der Waals surface area contributed by atoms with Crippen LogP contribution in [0.4, 0.5) is 5.69 Å². The van der Waals surface area contributed by atoms with E-state index in [1.807, 2.05) is 18.3 Å². The Morgan fingerprint density at radius 2 is 2.04 bits per heavy atom. The predicted molar refractivity (Wildman–Crippen MR) is 129 cm³/mol. The predicted octanol–water partition coefficient (Wildman–Crippen LogP) is 4.42. The van der Waals surface area contributed by atoms with Gasteiger partial charge in [0.25, 0.3) is 0 Å². The van der Waals surface area contributed by atoms with Crippen molar-refractivity contribution in [2.45, 2.75) is 32.2 Å². The van der Waals surface area contributed by atoms with Gasteiger partial charge in [0.1, 0.15) is 5.15 Å². The van der Waals surface area contributed by atoms with E-state index in [0.29, 0.717) is 5.15 Å². The number of aromatic nitrogens is 1. The zero-order valence-corrected chi connectivity index (χ0v) is 19.6. The van der Waals surface area contributed by atoms with Crippen LogP contribution in [0.3, 0.4) is 0 Å². The average molecular weight is 514 g/mol. The molecule has 7 heteroatoms. The van der Waals surface area contributed by atoms with Crippen molar-refractivity contribution in [3.63, 3.8) is 0 Å². The molecule has 2 heterocycles. The van der Waals surface area contributed by atoms with Gasteiger partial charge >= 0.3 is 0 Å². The standard InChI is InChI=1S/C21H28ClN5.HI/c1-16(18-6-5-7-19(14-18)27-12-3-4-13-27)26-21(23-2)24-11-10-17-8-9-20(22)25-15-17;/h5-9,14-16H,3-4,10-13H2,1-2H3,(H2,23,24,26);1H. The summed E-state index contributed by atoms with van der Waals surface area (Å²) in [6.07, 6.45) is 5.26. The maximum atomic E-state index is 5.83. The van der Waals surface area contributed by atoms with Crippen molar-refractivity contribution in [3.8, 4) is 0 Å². The second-order valence-corrected chi connectivity index (χ2v) is 7.28. The Hall–Kier alpha value is -1.54. The SMILES string of the molecule is CN=C(NCCc1ccc(Cl)nc1)NC(C)c1cccc(N2CCCC2)c1.I. The number of hydrogen-bond donors (Lipinski definition) is 2. The molecule has 0 radical (unpaired) electrons. The number of rotatable bonds is 6. The van der Waals surface area contributed by atoms with Crippen molar-refractivity contribution in [1.82, 2.24) is 15.6 Å². The van der Waals surface area contributed by atoms with Crippen molar-refractivity contribution >= 4 is 47.2 Å². The smallest absolute Gasteiger partial charge is 0.191 e. The highest BCUT2D eigenvalue weighted by molar-refractivity contribution is 14.0. The monoisotopic (exact) mass is 513 g/mol. The van der Waals surface area contributed by atoms with E-state index in [1.54, 1.807) is 7.05 Å². The average Bonchev–Trinajstić information content (AvgIpc) is 3.23. The first kappa shape index (κ1) is 22.7. The maximum Gasteiger partial charge on any atom is 0.191 e. The number of hydrogen-bond acceptors (Lipinski definition) is 3. The Bertz CT molecular complexity index is 760. The first-order chi connectivity index (χ1) is 13.2. The third-order valence-electron chi connectivity index (χ3n) is 4.91. The molecule has 0 saturated carbocycles.